The van der Waals surface area contributed by atoms with E-state index >= 15 is 0 Å². The van der Waals surface area contributed by atoms with Gasteiger partial charge in [-0.25, -0.2) is 5.06 Å². The van der Waals surface area contributed by atoms with E-state index in [0.717, 1.165) is 6.42 Å². The molecule has 0 aromatic heterocycles. The van der Waals surface area contributed by atoms with E-state index in [2.05, 4.69) is 0 Å². The number of nitrogens with zero attached hydrogens (tertiary/aromatic N) is 1. The fourth-order valence-corrected chi connectivity index (χ4v) is 1.01. The first kappa shape index (κ1) is 8.49. The van der Waals surface area contributed by atoms with Crippen LogP contribution in [0.5, 0.6) is 0 Å². The molecule has 4 nitrogen and oxygen atoms in total. The molecule has 0 aromatic carbocycles. The monoisotopic (exact) mass is 158 g/mol. The highest BCUT2D eigenvalue weighted by Crippen LogP contribution is 2.07. The average Bonchev–Trinajstić information content (AvgIpc) is 1.93. The van der Waals surface area contributed by atoms with Gasteiger partial charge in [-0.1, -0.05) is 0 Å². The van der Waals surface area contributed by atoms with Crippen molar-refractivity contribution in [1.82, 2.24) is 5.06 Å². The summed E-state index contributed by atoms with van der Waals surface area (Å²) in [5, 5.41) is 1.37. The maximum atomic E-state index is 11.1. The van der Waals surface area contributed by atoms with Crippen LogP contribution in [0.2, 0.25) is 0 Å². The van der Waals surface area contributed by atoms with Crippen LogP contribution >= 0.6 is 0 Å². The Morgan fingerprint density at radius 2 is 2.55 bits per heavy atom. The Labute approximate surface area is 66.3 Å². The number of amides is 1. The van der Waals surface area contributed by atoms with Crippen molar-refractivity contribution in [3.63, 3.8) is 0 Å². The molecule has 1 aliphatic heterocycles. The van der Waals surface area contributed by atoms with Gasteiger partial charge in [0.15, 0.2) is 0 Å². The molecule has 0 aliphatic carbocycles. The first-order valence-corrected chi connectivity index (χ1v) is 3.89. The highest BCUT2D eigenvalue weighted by atomic mass is 16.7. The Morgan fingerprint density at radius 3 is 3.09 bits per heavy atom. The number of hydrogen-bond acceptors (Lipinski definition) is 3. The largest absolute Gasteiger partial charge is 0.326 e. The lowest BCUT2D eigenvalue weighted by Crippen LogP contribution is -2.42. The molecule has 2 N–H and O–H groups in total. The number of carbonyl (C=O) groups is 1. The van der Waals surface area contributed by atoms with E-state index in [1.54, 1.807) is 0 Å². The van der Waals surface area contributed by atoms with E-state index in [4.69, 9.17) is 10.6 Å². The molecule has 64 valence electrons. The van der Waals surface area contributed by atoms with Gasteiger partial charge in [0.05, 0.1) is 13.2 Å². The summed E-state index contributed by atoms with van der Waals surface area (Å²) in [5.41, 5.74) is 5.51. The van der Waals surface area contributed by atoms with Gasteiger partial charge in [0, 0.05) is 12.5 Å². The minimum absolute atomic E-state index is 0.0166. The molecule has 0 aromatic rings. The van der Waals surface area contributed by atoms with Gasteiger partial charge in [0.1, 0.15) is 0 Å². The van der Waals surface area contributed by atoms with Crippen molar-refractivity contribution in [2.45, 2.75) is 25.8 Å². The maximum absolute atomic E-state index is 11.1. The first-order chi connectivity index (χ1) is 5.20. The molecule has 1 heterocycles. The highest BCUT2D eigenvalue weighted by molar-refractivity contribution is 5.75. The molecule has 1 fully saturated rings. The minimum Gasteiger partial charge on any atom is -0.326 e. The van der Waals surface area contributed by atoms with Crippen molar-refractivity contribution in [1.29, 1.82) is 0 Å². The number of hydrogen-bond donors (Lipinski definition) is 1. The van der Waals surface area contributed by atoms with Gasteiger partial charge >= 0.3 is 0 Å². The second-order valence-corrected chi connectivity index (χ2v) is 2.87. The molecule has 1 rings (SSSR count). The number of hydroxylamine groups is 2. The van der Waals surface area contributed by atoms with E-state index in [9.17, 15) is 4.79 Å². The van der Waals surface area contributed by atoms with E-state index in [1.807, 2.05) is 6.92 Å². The normalized spacial score (nSPS) is 22.0. The summed E-state index contributed by atoms with van der Waals surface area (Å²) in [4.78, 5) is 16.2. The third-order valence-electron chi connectivity index (χ3n) is 1.51. The molecule has 1 saturated heterocycles. The number of carbonyl (C=O) groups excluding carboxylic acids is 1. The van der Waals surface area contributed by atoms with Crippen molar-refractivity contribution >= 4 is 5.91 Å². The lowest BCUT2D eigenvalue weighted by atomic mass is 10.2. The predicted octanol–water partition coefficient (Wildman–Crippen LogP) is -0.112. The van der Waals surface area contributed by atoms with E-state index in [0.29, 0.717) is 19.6 Å². The Kier molecular flexibility index (Phi) is 2.84. The molecule has 11 heavy (non-hydrogen) atoms. The Balaban J connectivity index is 2.36. The summed E-state index contributed by atoms with van der Waals surface area (Å²) in [6.07, 6.45) is 1.42. The zero-order valence-corrected chi connectivity index (χ0v) is 6.75. The Bertz CT molecular complexity index is 147. The van der Waals surface area contributed by atoms with Crippen LogP contribution in [0.1, 0.15) is 19.8 Å². The van der Waals surface area contributed by atoms with Crippen LogP contribution in [0.25, 0.3) is 0 Å². The molecule has 0 bridgehead atoms. The summed E-state index contributed by atoms with van der Waals surface area (Å²) < 4.78 is 0. The molecule has 1 atom stereocenters. The van der Waals surface area contributed by atoms with Crippen molar-refractivity contribution < 1.29 is 9.63 Å². The molecular formula is C7H14N2O2. The standard InChI is InChI=1S/C7H14N2O2/c1-6(8)5-9-7(10)3-2-4-11-9/h6H,2-5,8H2,1H3. The third-order valence-corrected chi connectivity index (χ3v) is 1.51. The van der Waals surface area contributed by atoms with Gasteiger partial charge < -0.3 is 5.73 Å². The number of nitrogens with two attached hydrogens (primary N) is 1. The predicted molar refractivity (Wildman–Crippen MR) is 40.5 cm³/mol. The van der Waals surface area contributed by atoms with Crippen molar-refractivity contribution in [2.24, 2.45) is 5.73 Å². The van der Waals surface area contributed by atoms with E-state index in [1.165, 1.54) is 5.06 Å². The molecule has 1 amide bonds. The smallest absolute Gasteiger partial charge is 0.246 e. The molecule has 1 aliphatic rings. The zero-order chi connectivity index (χ0) is 8.27. The second-order valence-electron chi connectivity index (χ2n) is 2.87. The van der Waals surface area contributed by atoms with Gasteiger partial charge in [-0.3, -0.25) is 9.63 Å². The van der Waals surface area contributed by atoms with Gasteiger partial charge in [0.25, 0.3) is 0 Å². The van der Waals surface area contributed by atoms with Crippen LogP contribution in [0, 0.1) is 0 Å². The van der Waals surface area contributed by atoms with Crippen molar-refractivity contribution in [3.8, 4) is 0 Å². The summed E-state index contributed by atoms with van der Waals surface area (Å²) in [7, 11) is 0. The summed E-state index contributed by atoms with van der Waals surface area (Å²) in [6, 6.07) is -0.0166. The van der Waals surface area contributed by atoms with Crippen molar-refractivity contribution in [3.05, 3.63) is 0 Å². The molecular weight excluding hydrogens is 144 g/mol. The van der Waals surface area contributed by atoms with Crippen LogP contribution in [0.4, 0.5) is 0 Å². The van der Waals surface area contributed by atoms with E-state index < -0.39 is 0 Å². The molecule has 0 radical (unpaired) electrons. The highest BCUT2D eigenvalue weighted by Gasteiger charge is 2.19. The van der Waals surface area contributed by atoms with Gasteiger partial charge in [-0.2, -0.15) is 0 Å². The van der Waals surface area contributed by atoms with Gasteiger partial charge in [0.2, 0.25) is 5.91 Å². The summed E-state index contributed by atoms with van der Waals surface area (Å²) >= 11 is 0. The van der Waals surface area contributed by atoms with Crippen molar-refractivity contribution in [2.75, 3.05) is 13.2 Å². The maximum Gasteiger partial charge on any atom is 0.246 e. The quantitative estimate of drug-likeness (QED) is 0.610. The van der Waals surface area contributed by atoms with Crippen LogP contribution in [-0.2, 0) is 9.63 Å². The SMILES string of the molecule is CC(N)CN1OCCCC1=O. The van der Waals surface area contributed by atoms with Crippen LogP contribution < -0.4 is 5.73 Å². The van der Waals surface area contributed by atoms with Crippen LogP contribution in [0.3, 0.4) is 0 Å². The van der Waals surface area contributed by atoms with Gasteiger partial charge in [-0.05, 0) is 13.3 Å². The van der Waals surface area contributed by atoms with Crippen LogP contribution in [-0.4, -0.2) is 30.2 Å². The Hall–Kier alpha value is -0.610. The first-order valence-electron chi connectivity index (χ1n) is 3.89. The minimum atomic E-state index is -0.0166. The lowest BCUT2D eigenvalue weighted by Gasteiger charge is -2.26. The number of rotatable bonds is 2. The molecule has 0 spiro atoms. The second kappa shape index (κ2) is 3.69. The van der Waals surface area contributed by atoms with Crippen LogP contribution in [0.15, 0.2) is 0 Å². The topological polar surface area (TPSA) is 55.6 Å². The lowest BCUT2D eigenvalue weighted by molar-refractivity contribution is -0.199. The molecule has 4 heteroatoms. The summed E-state index contributed by atoms with van der Waals surface area (Å²) in [6.45, 7) is 2.99. The summed E-state index contributed by atoms with van der Waals surface area (Å²) in [5.74, 6) is 0.0496. The molecule has 0 saturated carbocycles. The average molecular weight is 158 g/mol. The zero-order valence-electron chi connectivity index (χ0n) is 6.75. The third kappa shape index (κ3) is 2.48. The fourth-order valence-electron chi connectivity index (χ4n) is 1.01. The molecule has 1 unspecified atom stereocenters. The van der Waals surface area contributed by atoms with Gasteiger partial charge in [-0.15, -0.1) is 0 Å². The Morgan fingerprint density at radius 1 is 1.82 bits per heavy atom. The fraction of sp³-hybridized carbons (Fsp3) is 0.857. The van der Waals surface area contributed by atoms with E-state index in [-0.39, 0.29) is 11.9 Å².